The molecule has 0 spiro atoms. The van der Waals surface area contributed by atoms with Crippen molar-refractivity contribution in [2.24, 2.45) is 40.4 Å². The molecule has 1 aliphatic heterocycles. The van der Waals surface area contributed by atoms with Crippen molar-refractivity contribution in [3.05, 3.63) is 0 Å². The minimum absolute atomic E-state index is 0.131. The van der Waals surface area contributed by atoms with Crippen molar-refractivity contribution in [1.82, 2.24) is 0 Å². The van der Waals surface area contributed by atoms with Crippen LogP contribution in [0.15, 0.2) is 0 Å². The number of ether oxygens (including phenoxy) is 1. The lowest BCUT2D eigenvalue weighted by molar-refractivity contribution is -0.143. The first-order valence-corrected chi connectivity index (χ1v) is 17.4. The van der Waals surface area contributed by atoms with Gasteiger partial charge < -0.3 is 4.74 Å². The molecule has 6 unspecified atom stereocenters. The highest BCUT2D eigenvalue weighted by atomic mass is 16.6. The fourth-order valence-corrected chi connectivity index (χ4v) is 10.5. The van der Waals surface area contributed by atoms with E-state index in [0.717, 1.165) is 44.9 Å². The molecule has 3 nitrogen and oxygen atoms in total. The second-order valence-corrected chi connectivity index (χ2v) is 14.8. The zero-order valence-corrected chi connectivity index (χ0v) is 26.8. The highest BCUT2D eigenvalue weighted by Gasteiger charge is 2.82. The first kappa shape index (κ1) is 31.2. The summed E-state index contributed by atoms with van der Waals surface area (Å²) >= 11 is 0. The quantitative estimate of drug-likeness (QED) is 0.231. The fourth-order valence-electron chi connectivity index (χ4n) is 10.5. The maximum Gasteiger partial charge on any atom is 0.145 e. The van der Waals surface area contributed by atoms with E-state index in [-0.39, 0.29) is 11.8 Å². The van der Waals surface area contributed by atoms with E-state index in [4.69, 9.17) is 4.74 Å². The van der Waals surface area contributed by atoms with Crippen LogP contribution in [0.1, 0.15) is 164 Å². The minimum Gasteiger partial charge on any atom is -0.360 e. The average Bonchev–Trinajstić information content (AvgIpc) is 3.69. The van der Waals surface area contributed by atoms with E-state index in [2.05, 4.69) is 48.5 Å². The first-order valence-electron chi connectivity index (χ1n) is 17.4. The molecule has 0 radical (unpaired) electrons. The summed E-state index contributed by atoms with van der Waals surface area (Å²) in [6.07, 6.45) is 20.4. The van der Waals surface area contributed by atoms with Gasteiger partial charge in [0.1, 0.15) is 22.8 Å². The van der Waals surface area contributed by atoms with Crippen LogP contribution >= 0.6 is 0 Å². The third-order valence-electron chi connectivity index (χ3n) is 13.3. The maximum absolute atomic E-state index is 15.2. The number of rotatable bonds is 12. The monoisotopic (exact) mass is 542 g/mol. The highest BCUT2D eigenvalue weighted by molar-refractivity contribution is 5.92. The molecular formula is C36H62O3. The van der Waals surface area contributed by atoms with Crippen LogP contribution in [0.4, 0.5) is 0 Å². The summed E-state index contributed by atoms with van der Waals surface area (Å²) < 4.78 is 7.15. The first-order chi connectivity index (χ1) is 18.6. The molecule has 0 amide bonds. The van der Waals surface area contributed by atoms with Gasteiger partial charge in [0.05, 0.1) is 10.8 Å². The fraction of sp³-hybridized carbons (Fsp3) is 0.944. The van der Waals surface area contributed by atoms with Crippen LogP contribution in [0, 0.1) is 40.4 Å². The molecule has 39 heavy (non-hydrogen) atoms. The summed E-state index contributed by atoms with van der Waals surface area (Å²) in [7, 11) is 0. The Balaban J connectivity index is 1.74. The van der Waals surface area contributed by atoms with Crippen molar-refractivity contribution < 1.29 is 14.3 Å². The molecule has 0 aromatic carbocycles. The standard InChI is InChI=1S/C36H62O3/c1-8-33(6,31(37)29-25-19-18-20-26(29)5)35(10-3)36(11-4,39-35)34(7,9-2)32(38)30(27-21-14-12-15-22-27)28-23-16-13-17-24-28/h26-30H,8-25H2,1-7H3. The molecule has 1 heterocycles. The Labute approximate surface area is 241 Å². The lowest BCUT2D eigenvalue weighted by Gasteiger charge is -2.47. The average molecular weight is 543 g/mol. The lowest BCUT2D eigenvalue weighted by Crippen LogP contribution is -2.57. The van der Waals surface area contributed by atoms with Crippen molar-refractivity contribution in [1.29, 1.82) is 0 Å². The van der Waals surface area contributed by atoms with Gasteiger partial charge in [0, 0.05) is 11.8 Å². The number of carbonyl (C=O) groups excluding carboxylic acids is 2. The molecule has 6 atom stereocenters. The zero-order valence-electron chi connectivity index (χ0n) is 26.8. The van der Waals surface area contributed by atoms with Crippen LogP contribution in [0.25, 0.3) is 0 Å². The van der Waals surface area contributed by atoms with Gasteiger partial charge in [0.15, 0.2) is 0 Å². The molecule has 4 aliphatic rings. The van der Waals surface area contributed by atoms with Crippen molar-refractivity contribution in [3.8, 4) is 0 Å². The third-order valence-corrected chi connectivity index (χ3v) is 13.3. The number of epoxide rings is 1. The van der Waals surface area contributed by atoms with Gasteiger partial charge in [-0.2, -0.15) is 0 Å². The largest absolute Gasteiger partial charge is 0.360 e. The van der Waals surface area contributed by atoms with E-state index >= 15 is 4.79 Å². The Morgan fingerprint density at radius 2 is 1.13 bits per heavy atom. The van der Waals surface area contributed by atoms with Gasteiger partial charge in [-0.05, 0) is 89.4 Å². The second kappa shape index (κ2) is 12.3. The van der Waals surface area contributed by atoms with E-state index < -0.39 is 22.0 Å². The van der Waals surface area contributed by atoms with E-state index in [1.807, 2.05) is 0 Å². The van der Waals surface area contributed by atoms with Crippen LogP contribution in [-0.4, -0.2) is 22.8 Å². The molecule has 3 aliphatic carbocycles. The van der Waals surface area contributed by atoms with Gasteiger partial charge in [-0.1, -0.05) is 92.4 Å². The summed E-state index contributed by atoms with van der Waals surface area (Å²) in [4.78, 5) is 29.8. The summed E-state index contributed by atoms with van der Waals surface area (Å²) in [5.74, 6) is 2.74. The smallest absolute Gasteiger partial charge is 0.145 e. The van der Waals surface area contributed by atoms with Gasteiger partial charge in [-0.15, -0.1) is 0 Å². The van der Waals surface area contributed by atoms with Crippen LogP contribution in [0.2, 0.25) is 0 Å². The molecule has 4 fully saturated rings. The highest BCUT2D eigenvalue weighted by Crippen LogP contribution is 2.72. The minimum atomic E-state index is -0.563. The van der Waals surface area contributed by atoms with Crippen LogP contribution < -0.4 is 0 Å². The Hall–Kier alpha value is -0.700. The molecule has 0 N–H and O–H groups in total. The number of Topliss-reactive ketones (excluding diaryl/α,β-unsaturated/α-hetero) is 2. The normalized spacial score (nSPS) is 35.8. The molecule has 224 valence electrons. The third kappa shape index (κ3) is 4.91. The molecule has 4 rings (SSSR count). The van der Waals surface area contributed by atoms with E-state index in [1.165, 1.54) is 70.6 Å². The number of carbonyl (C=O) groups is 2. The second-order valence-electron chi connectivity index (χ2n) is 14.8. The Bertz CT molecular complexity index is 835. The number of hydrogen-bond acceptors (Lipinski definition) is 3. The molecule has 3 saturated carbocycles. The molecule has 0 bridgehead atoms. The lowest BCUT2D eigenvalue weighted by atomic mass is 9.52. The van der Waals surface area contributed by atoms with Crippen molar-refractivity contribution in [2.45, 2.75) is 175 Å². The summed E-state index contributed by atoms with van der Waals surface area (Å²) in [6.45, 7) is 15.7. The van der Waals surface area contributed by atoms with E-state index in [1.54, 1.807) is 0 Å². The van der Waals surface area contributed by atoms with Crippen LogP contribution in [0.5, 0.6) is 0 Å². The summed E-state index contributed by atoms with van der Waals surface area (Å²) in [5, 5.41) is 0. The summed E-state index contributed by atoms with van der Waals surface area (Å²) in [6, 6.07) is 0. The van der Waals surface area contributed by atoms with Gasteiger partial charge in [-0.25, -0.2) is 0 Å². The Kier molecular flexibility index (Phi) is 9.83. The molecule has 0 aromatic rings. The predicted molar refractivity (Wildman–Crippen MR) is 162 cm³/mol. The van der Waals surface area contributed by atoms with Gasteiger partial charge in [0.25, 0.3) is 0 Å². The zero-order chi connectivity index (χ0) is 28.5. The van der Waals surface area contributed by atoms with E-state index in [9.17, 15) is 4.79 Å². The predicted octanol–water partition coefficient (Wildman–Crippen LogP) is 9.89. The van der Waals surface area contributed by atoms with Crippen molar-refractivity contribution in [2.75, 3.05) is 0 Å². The van der Waals surface area contributed by atoms with Gasteiger partial charge in [-0.3, -0.25) is 9.59 Å². The van der Waals surface area contributed by atoms with Crippen molar-refractivity contribution >= 4 is 11.6 Å². The van der Waals surface area contributed by atoms with E-state index in [0.29, 0.717) is 29.3 Å². The van der Waals surface area contributed by atoms with Gasteiger partial charge >= 0.3 is 0 Å². The van der Waals surface area contributed by atoms with Crippen molar-refractivity contribution in [3.63, 3.8) is 0 Å². The maximum atomic E-state index is 15.2. The number of ketones is 2. The van der Waals surface area contributed by atoms with Crippen LogP contribution in [-0.2, 0) is 14.3 Å². The molecule has 3 heteroatoms. The SMILES string of the molecule is CCC(C)(C(=O)C1CCCCC1C)C1(CC)OC1(CC)C(C)(CC)C(=O)C(C1CCCCC1)C1CCCCC1. The molecular weight excluding hydrogens is 480 g/mol. The van der Waals surface area contributed by atoms with Crippen LogP contribution in [0.3, 0.4) is 0 Å². The summed E-state index contributed by atoms with van der Waals surface area (Å²) in [5.41, 5.74) is -2.23. The molecule has 1 saturated heterocycles. The topological polar surface area (TPSA) is 46.7 Å². The van der Waals surface area contributed by atoms with Gasteiger partial charge in [0.2, 0.25) is 0 Å². The Morgan fingerprint density at radius 1 is 0.692 bits per heavy atom. The Morgan fingerprint density at radius 3 is 1.56 bits per heavy atom. The molecule has 0 aromatic heterocycles. The number of hydrogen-bond donors (Lipinski definition) is 0.